The summed E-state index contributed by atoms with van der Waals surface area (Å²) < 4.78 is 0. The number of carbonyl (C=O) groups is 2. The molecule has 1 atom stereocenters. The predicted molar refractivity (Wildman–Crippen MR) is 114 cm³/mol. The zero-order chi connectivity index (χ0) is 20.5. The smallest absolute Gasteiger partial charge is 0.243 e. The van der Waals surface area contributed by atoms with Crippen LogP contribution in [0.2, 0.25) is 0 Å². The van der Waals surface area contributed by atoms with Crippen molar-refractivity contribution >= 4 is 11.8 Å². The first-order chi connectivity index (χ1) is 13.4. The lowest BCUT2D eigenvalue weighted by Gasteiger charge is -2.31. The second-order valence-electron chi connectivity index (χ2n) is 7.58. The van der Waals surface area contributed by atoms with Gasteiger partial charge >= 0.3 is 0 Å². The molecule has 0 fully saturated rings. The van der Waals surface area contributed by atoms with Gasteiger partial charge in [-0.25, -0.2) is 0 Å². The number of nitrogens with one attached hydrogen (secondary N) is 1. The average molecular weight is 381 g/mol. The maximum atomic E-state index is 13.1. The first-order valence-electron chi connectivity index (χ1n) is 10.1. The van der Waals surface area contributed by atoms with E-state index in [1.54, 1.807) is 4.90 Å². The minimum absolute atomic E-state index is 0.00943. The molecule has 1 unspecified atom stereocenters. The molecule has 0 saturated carbocycles. The fraction of sp³-hybridized carbons (Fsp3) is 0.417. The van der Waals surface area contributed by atoms with Crippen molar-refractivity contribution in [2.24, 2.45) is 0 Å². The molecule has 0 aliphatic rings. The van der Waals surface area contributed by atoms with E-state index in [1.165, 1.54) is 5.56 Å². The fourth-order valence-corrected chi connectivity index (χ4v) is 3.23. The Morgan fingerprint density at radius 1 is 0.964 bits per heavy atom. The second-order valence-corrected chi connectivity index (χ2v) is 7.58. The molecule has 0 heterocycles. The van der Waals surface area contributed by atoms with Gasteiger partial charge in [0.05, 0.1) is 0 Å². The standard InChI is InChI=1S/C24H32N2O2/c1-5-22(24(28)25-18(2)3)26(17-21-9-7-6-8-10-21)23(27)16-15-20-13-11-19(4)12-14-20/h6-14,18,22H,5,15-17H2,1-4H3,(H,25,28). The Labute approximate surface area is 169 Å². The quantitative estimate of drug-likeness (QED) is 0.707. The monoisotopic (exact) mass is 380 g/mol. The fourth-order valence-electron chi connectivity index (χ4n) is 3.23. The number of carbonyl (C=O) groups excluding carboxylic acids is 2. The van der Waals surface area contributed by atoms with E-state index >= 15 is 0 Å². The Morgan fingerprint density at radius 2 is 1.61 bits per heavy atom. The van der Waals surface area contributed by atoms with Crippen molar-refractivity contribution in [2.75, 3.05) is 0 Å². The molecule has 2 aromatic rings. The summed E-state index contributed by atoms with van der Waals surface area (Å²) in [6.45, 7) is 8.32. The zero-order valence-electron chi connectivity index (χ0n) is 17.4. The van der Waals surface area contributed by atoms with Gasteiger partial charge in [0.15, 0.2) is 0 Å². The largest absolute Gasteiger partial charge is 0.352 e. The third-order valence-corrected chi connectivity index (χ3v) is 4.76. The summed E-state index contributed by atoms with van der Waals surface area (Å²) in [5, 5.41) is 2.96. The Hall–Kier alpha value is -2.62. The van der Waals surface area contributed by atoms with Gasteiger partial charge in [0.1, 0.15) is 6.04 Å². The highest BCUT2D eigenvalue weighted by molar-refractivity contribution is 5.87. The first-order valence-corrected chi connectivity index (χ1v) is 10.1. The molecule has 2 rings (SSSR count). The van der Waals surface area contributed by atoms with Crippen molar-refractivity contribution in [3.8, 4) is 0 Å². The van der Waals surface area contributed by atoms with Crippen LogP contribution < -0.4 is 5.32 Å². The van der Waals surface area contributed by atoms with E-state index < -0.39 is 6.04 Å². The predicted octanol–water partition coefficient (Wildman–Crippen LogP) is 4.26. The molecule has 0 aliphatic carbocycles. The van der Waals surface area contributed by atoms with Crippen LogP contribution in [-0.2, 0) is 22.6 Å². The van der Waals surface area contributed by atoms with Gasteiger partial charge in [0.2, 0.25) is 11.8 Å². The molecule has 0 radical (unpaired) electrons. The van der Waals surface area contributed by atoms with Crippen LogP contribution in [0.5, 0.6) is 0 Å². The molecule has 4 nitrogen and oxygen atoms in total. The lowest BCUT2D eigenvalue weighted by Crippen LogP contribution is -2.50. The molecule has 150 valence electrons. The topological polar surface area (TPSA) is 49.4 Å². The van der Waals surface area contributed by atoms with Crippen molar-refractivity contribution in [1.82, 2.24) is 10.2 Å². The lowest BCUT2D eigenvalue weighted by atomic mass is 10.0. The van der Waals surface area contributed by atoms with Crippen LogP contribution in [0.3, 0.4) is 0 Å². The minimum Gasteiger partial charge on any atom is -0.352 e. The van der Waals surface area contributed by atoms with E-state index in [0.717, 1.165) is 11.1 Å². The van der Waals surface area contributed by atoms with Gasteiger partial charge in [-0.05, 0) is 44.7 Å². The molecule has 0 aliphatic heterocycles. The second kappa shape index (κ2) is 10.6. The van der Waals surface area contributed by atoms with Crippen LogP contribution in [0, 0.1) is 6.92 Å². The molecular weight excluding hydrogens is 348 g/mol. The Morgan fingerprint density at radius 3 is 2.18 bits per heavy atom. The minimum atomic E-state index is -0.465. The molecule has 0 bridgehead atoms. The van der Waals surface area contributed by atoms with E-state index in [2.05, 4.69) is 36.5 Å². The number of hydrogen-bond acceptors (Lipinski definition) is 2. The Kier molecular flexibility index (Phi) is 8.24. The van der Waals surface area contributed by atoms with Crippen LogP contribution in [0.4, 0.5) is 0 Å². The maximum absolute atomic E-state index is 13.1. The lowest BCUT2D eigenvalue weighted by molar-refractivity contribution is -0.141. The molecule has 0 saturated heterocycles. The average Bonchev–Trinajstić information content (AvgIpc) is 2.67. The zero-order valence-corrected chi connectivity index (χ0v) is 17.4. The van der Waals surface area contributed by atoms with E-state index in [-0.39, 0.29) is 17.9 Å². The van der Waals surface area contributed by atoms with Crippen molar-refractivity contribution in [2.45, 2.75) is 65.6 Å². The number of rotatable bonds is 9. The van der Waals surface area contributed by atoms with Gasteiger partial charge in [-0.1, -0.05) is 67.1 Å². The van der Waals surface area contributed by atoms with Gasteiger partial charge in [-0.2, -0.15) is 0 Å². The Balaban J connectivity index is 2.16. The highest BCUT2D eigenvalue weighted by Crippen LogP contribution is 2.15. The van der Waals surface area contributed by atoms with Gasteiger partial charge in [-0.3, -0.25) is 9.59 Å². The summed E-state index contributed by atoms with van der Waals surface area (Å²) in [7, 11) is 0. The molecule has 28 heavy (non-hydrogen) atoms. The van der Waals surface area contributed by atoms with Crippen molar-refractivity contribution in [3.63, 3.8) is 0 Å². The maximum Gasteiger partial charge on any atom is 0.243 e. The molecular formula is C24H32N2O2. The molecule has 2 amide bonds. The van der Waals surface area contributed by atoms with Gasteiger partial charge in [-0.15, -0.1) is 0 Å². The third-order valence-electron chi connectivity index (χ3n) is 4.76. The summed E-state index contributed by atoms with van der Waals surface area (Å²) in [6.07, 6.45) is 1.65. The highest BCUT2D eigenvalue weighted by Gasteiger charge is 2.28. The van der Waals surface area contributed by atoms with Gasteiger partial charge < -0.3 is 10.2 Å². The van der Waals surface area contributed by atoms with Gasteiger partial charge in [0.25, 0.3) is 0 Å². The molecule has 1 N–H and O–H groups in total. The number of hydrogen-bond donors (Lipinski definition) is 1. The summed E-state index contributed by atoms with van der Waals surface area (Å²) in [5.74, 6) is -0.0766. The van der Waals surface area contributed by atoms with Crippen LogP contribution in [0.25, 0.3) is 0 Å². The van der Waals surface area contributed by atoms with E-state index in [1.807, 2.05) is 51.1 Å². The van der Waals surface area contributed by atoms with Crippen molar-refractivity contribution in [1.29, 1.82) is 0 Å². The van der Waals surface area contributed by atoms with Gasteiger partial charge in [0, 0.05) is 19.0 Å². The van der Waals surface area contributed by atoms with Crippen molar-refractivity contribution in [3.05, 3.63) is 71.3 Å². The first kappa shape index (κ1) is 21.7. The van der Waals surface area contributed by atoms with E-state index in [4.69, 9.17) is 0 Å². The summed E-state index contributed by atoms with van der Waals surface area (Å²) >= 11 is 0. The van der Waals surface area contributed by atoms with Crippen molar-refractivity contribution < 1.29 is 9.59 Å². The number of benzene rings is 2. The molecule has 4 heteroatoms. The summed E-state index contributed by atoms with van der Waals surface area (Å²) in [6, 6.07) is 17.7. The van der Waals surface area contributed by atoms with E-state index in [9.17, 15) is 9.59 Å². The SMILES string of the molecule is CCC(C(=O)NC(C)C)N(Cc1ccccc1)C(=O)CCc1ccc(C)cc1. The third kappa shape index (κ3) is 6.52. The highest BCUT2D eigenvalue weighted by atomic mass is 16.2. The summed E-state index contributed by atoms with van der Waals surface area (Å²) in [5.41, 5.74) is 3.37. The summed E-state index contributed by atoms with van der Waals surface area (Å²) in [4.78, 5) is 27.6. The number of nitrogens with zero attached hydrogens (tertiary/aromatic N) is 1. The molecule has 0 spiro atoms. The normalized spacial score (nSPS) is 11.9. The number of aryl methyl sites for hydroxylation is 2. The Bertz CT molecular complexity index is 754. The molecule has 0 aromatic heterocycles. The molecule has 2 aromatic carbocycles. The van der Waals surface area contributed by atoms with E-state index in [0.29, 0.717) is 25.8 Å². The number of amides is 2. The van der Waals surface area contributed by atoms with Crippen LogP contribution >= 0.6 is 0 Å². The van der Waals surface area contributed by atoms with Crippen LogP contribution in [-0.4, -0.2) is 28.8 Å². The van der Waals surface area contributed by atoms with Crippen LogP contribution in [0.1, 0.15) is 50.3 Å². The van der Waals surface area contributed by atoms with Crippen LogP contribution in [0.15, 0.2) is 54.6 Å².